The van der Waals surface area contributed by atoms with Crippen molar-refractivity contribution in [3.8, 4) is 0 Å². The zero-order valence-electron chi connectivity index (χ0n) is 38.9. The van der Waals surface area contributed by atoms with Crippen molar-refractivity contribution in [1.82, 2.24) is 0 Å². The molecule has 9 saturated carbocycles. The van der Waals surface area contributed by atoms with E-state index in [1.165, 1.54) is 89.9 Å². The van der Waals surface area contributed by atoms with E-state index in [4.69, 9.17) is 0 Å². The van der Waals surface area contributed by atoms with Crippen molar-refractivity contribution in [1.29, 1.82) is 0 Å². The molecule has 0 aromatic carbocycles. The number of rotatable bonds is 18. The molecule has 2 spiro atoms. The molecule has 21 atom stereocenters. The summed E-state index contributed by atoms with van der Waals surface area (Å²) in [5.41, 5.74) is 3.61. The fourth-order valence-corrected chi connectivity index (χ4v) is 25.9. The van der Waals surface area contributed by atoms with Crippen LogP contribution in [0.5, 0.6) is 0 Å². The van der Waals surface area contributed by atoms with Crippen LogP contribution in [0.1, 0.15) is 194 Å². The van der Waals surface area contributed by atoms with Crippen LogP contribution in [0.25, 0.3) is 0 Å². The van der Waals surface area contributed by atoms with Gasteiger partial charge in [-0.2, -0.15) is 0 Å². The zero-order chi connectivity index (χ0) is 38.9. The molecule has 0 heterocycles. The van der Waals surface area contributed by atoms with Gasteiger partial charge in [0.1, 0.15) is 0 Å². The number of hydrogen-bond donors (Lipinski definition) is 0. The maximum Gasteiger partial charge on any atom is -0.00970 e. The first-order valence-corrected chi connectivity index (χ1v) is 26.1. The highest BCUT2D eigenvalue weighted by molar-refractivity contribution is 5.59. The molecule has 0 aromatic rings. The van der Waals surface area contributed by atoms with Gasteiger partial charge in [0.15, 0.2) is 0 Å². The van der Waals surface area contributed by atoms with Crippen LogP contribution in [0.15, 0.2) is 0 Å². The largest absolute Gasteiger partial charge is 0.0654 e. The molecule has 0 nitrogen and oxygen atoms in total. The predicted molar refractivity (Wildman–Crippen MR) is 231 cm³/mol. The van der Waals surface area contributed by atoms with E-state index in [2.05, 4.69) is 104 Å². The Labute approximate surface area is 337 Å². The van der Waals surface area contributed by atoms with Crippen molar-refractivity contribution in [3.05, 3.63) is 0 Å². The van der Waals surface area contributed by atoms with Gasteiger partial charge < -0.3 is 0 Å². The molecule has 0 amide bonds. The predicted octanol–water partition coefficient (Wildman–Crippen LogP) is 15.5. The van der Waals surface area contributed by atoms with Gasteiger partial charge in [-0.3, -0.25) is 0 Å². The first kappa shape index (κ1) is 39.5. The van der Waals surface area contributed by atoms with E-state index < -0.39 is 0 Å². The topological polar surface area (TPSA) is 0 Å². The van der Waals surface area contributed by atoms with Crippen molar-refractivity contribution in [2.24, 2.45) is 145 Å². The molecule has 0 N–H and O–H groups in total. The van der Waals surface area contributed by atoms with Crippen molar-refractivity contribution in [3.63, 3.8) is 0 Å². The fraction of sp³-hybridized carbons (Fsp3) is 1.00. The third-order valence-electron chi connectivity index (χ3n) is 24.8. The van der Waals surface area contributed by atoms with E-state index in [1.807, 2.05) is 0 Å². The molecule has 9 aliphatic rings. The molecule has 9 aliphatic carbocycles. The summed E-state index contributed by atoms with van der Waals surface area (Å²) < 4.78 is 0. The Balaban J connectivity index is 1.46. The van der Waals surface area contributed by atoms with Gasteiger partial charge in [0.25, 0.3) is 0 Å². The van der Waals surface area contributed by atoms with E-state index in [0.29, 0.717) is 32.5 Å². The Morgan fingerprint density at radius 2 is 0.722 bits per heavy atom. The van der Waals surface area contributed by atoms with E-state index in [0.717, 1.165) is 112 Å². The average Bonchev–Trinajstić information content (AvgIpc) is 3.39. The molecular formula is C54H92. The summed E-state index contributed by atoms with van der Waals surface area (Å²) in [7, 11) is 0. The molecule has 0 saturated heterocycles. The minimum Gasteiger partial charge on any atom is -0.0654 e. The lowest BCUT2D eigenvalue weighted by atomic mass is 8.90. The van der Waals surface area contributed by atoms with Crippen LogP contribution >= 0.6 is 0 Å². The van der Waals surface area contributed by atoms with E-state index in [-0.39, 0.29) is 0 Å². The molecule has 308 valence electrons. The lowest BCUT2D eigenvalue weighted by molar-refractivity contribution is -0.674. The van der Waals surface area contributed by atoms with Crippen LogP contribution in [0.2, 0.25) is 0 Å². The molecule has 9 fully saturated rings. The molecule has 6 unspecified atom stereocenters. The van der Waals surface area contributed by atoms with Gasteiger partial charge >= 0.3 is 0 Å². The number of hydrogen-bond acceptors (Lipinski definition) is 0. The smallest absolute Gasteiger partial charge is 0.00970 e. The van der Waals surface area contributed by atoms with Crippen LogP contribution in [-0.4, -0.2) is 0 Å². The first-order valence-electron chi connectivity index (χ1n) is 26.1. The van der Waals surface area contributed by atoms with E-state index >= 15 is 0 Å². The molecule has 0 aromatic heterocycles. The highest BCUT2D eigenvalue weighted by atomic mass is 15.2. The van der Waals surface area contributed by atoms with Gasteiger partial charge in [-0.25, -0.2) is 0 Å². The first-order chi connectivity index (χ1) is 26.1. The van der Waals surface area contributed by atoms with Crippen LogP contribution < -0.4 is 0 Å². The average molecular weight is 741 g/mol. The summed E-state index contributed by atoms with van der Waals surface area (Å²) in [6.45, 7) is 41.0. The van der Waals surface area contributed by atoms with Crippen molar-refractivity contribution < 1.29 is 0 Å². The summed E-state index contributed by atoms with van der Waals surface area (Å²) >= 11 is 0. The summed E-state index contributed by atoms with van der Waals surface area (Å²) in [4.78, 5) is 0. The molecule has 0 radical (unpaired) electrons. The second kappa shape index (κ2) is 12.5. The van der Waals surface area contributed by atoms with Gasteiger partial charge in [0, 0.05) is 0 Å². The Kier molecular flexibility index (Phi) is 9.15. The quantitative estimate of drug-likeness (QED) is 0.131. The van der Waals surface area contributed by atoms with Crippen molar-refractivity contribution in [2.75, 3.05) is 0 Å². The van der Waals surface area contributed by atoms with Gasteiger partial charge in [-0.05, 0) is 158 Å². The fourth-order valence-electron chi connectivity index (χ4n) is 25.9. The standard InChI is InChI=1S/C54H92/c1-16-28-39-41-30(13)31(14)42-40(29-17-2)50(34(20-5)21-6)44(42)46-48-47-45-43(41)49(39,33(18-3)19-4)51(45,35(22-7)23-8)52(47,36(24-9)25-10)54(48)38(27-12)32(15)37(26-11)53(46,50)54/h30-48H,16-29H2,1-15H3/t30?,31-,32?,37?,38?,39?,40-,41?,42+,43-,44+,45-,46+,47-,48+,49-,50+,51+,52+,53-,54+/m0/s1. The minimum absolute atomic E-state index is 0.582. The normalized spacial score (nSPS) is 57.3. The van der Waals surface area contributed by atoms with Crippen LogP contribution in [0, 0.1) is 145 Å². The maximum absolute atomic E-state index is 2.91. The molecule has 54 heavy (non-hydrogen) atoms. The van der Waals surface area contributed by atoms with Crippen molar-refractivity contribution >= 4 is 0 Å². The Morgan fingerprint density at radius 1 is 0.352 bits per heavy atom. The second-order valence-electron chi connectivity index (χ2n) is 23.1. The summed E-state index contributed by atoms with van der Waals surface area (Å²) in [5.74, 6) is 18.7. The second-order valence-corrected chi connectivity index (χ2v) is 23.1. The third kappa shape index (κ3) is 3.04. The Bertz CT molecular complexity index is 1430. The number of fused-ring (bicyclic) bond motifs is 2. The summed E-state index contributed by atoms with van der Waals surface area (Å²) in [6.07, 6.45) is 20.4. The van der Waals surface area contributed by atoms with Crippen molar-refractivity contribution in [2.45, 2.75) is 194 Å². The van der Waals surface area contributed by atoms with Crippen LogP contribution in [0.4, 0.5) is 0 Å². The highest BCUT2D eigenvalue weighted by Gasteiger charge is 3.14. The SMILES string of the molecule is CCCC1C2C(C)[C@H](C)[C@H]3[C@@H]4[C@@H]5[C@@H]6[C@@H]7[C@@H]8[C@H]2[C@@]1(C(CC)CC)[C@]8(C(CC)CC)[C@]7(C(CC)CC)[C@@]61C(CC)C(C)C(CC)[C@@]51[C@]4(C(CC)CC)[C@H]3CCC. The Morgan fingerprint density at radius 3 is 1.17 bits per heavy atom. The molecule has 0 aliphatic heterocycles. The van der Waals surface area contributed by atoms with E-state index in [1.54, 1.807) is 0 Å². The van der Waals surface area contributed by atoms with E-state index in [9.17, 15) is 0 Å². The Hall–Kier alpha value is 0. The summed E-state index contributed by atoms with van der Waals surface area (Å²) in [5, 5.41) is 0. The van der Waals surface area contributed by atoms with Gasteiger partial charge in [-0.15, -0.1) is 0 Å². The molecule has 0 bridgehead atoms. The zero-order valence-corrected chi connectivity index (χ0v) is 38.9. The monoisotopic (exact) mass is 741 g/mol. The van der Waals surface area contributed by atoms with Gasteiger partial charge in [0.05, 0.1) is 0 Å². The maximum atomic E-state index is 2.91. The van der Waals surface area contributed by atoms with Gasteiger partial charge in [0.2, 0.25) is 0 Å². The third-order valence-corrected chi connectivity index (χ3v) is 24.8. The lowest BCUT2D eigenvalue weighted by Crippen LogP contribution is -3.11. The summed E-state index contributed by atoms with van der Waals surface area (Å²) in [6, 6.07) is 0. The molecule has 9 rings (SSSR count). The lowest BCUT2D eigenvalue weighted by Gasteiger charge is -3.13. The van der Waals surface area contributed by atoms with Crippen LogP contribution in [0.3, 0.4) is 0 Å². The molecular weight excluding hydrogens is 649 g/mol. The van der Waals surface area contributed by atoms with Gasteiger partial charge in [-0.1, -0.05) is 181 Å². The van der Waals surface area contributed by atoms with Crippen LogP contribution in [-0.2, 0) is 0 Å². The highest BCUT2D eigenvalue weighted by Crippen LogP contribution is 3.16. The molecule has 0 heteroatoms. The minimum atomic E-state index is 0.582.